The summed E-state index contributed by atoms with van der Waals surface area (Å²) in [5.41, 5.74) is 1.10. The summed E-state index contributed by atoms with van der Waals surface area (Å²) in [5, 5.41) is 0. The van der Waals surface area contributed by atoms with Crippen LogP contribution in [0, 0.1) is 0 Å². The van der Waals surface area contributed by atoms with Crippen LogP contribution < -0.4 is 4.74 Å². The molecule has 0 radical (unpaired) electrons. The van der Waals surface area contributed by atoms with Gasteiger partial charge in [-0.1, -0.05) is 12.1 Å². The first kappa shape index (κ1) is 13.9. The number of hydrogen-bond acceptors (Lipinski definition) is 3. The predicted molar refractivity (Wildman–Crippen MR) is 77.9 cm³/mol. The molecule has 2 amide bonds. The van der Waals surface area contributed by atoms with Crippen molar-refractivity contribution in [2.75, 3.05) is 26.7 Å². The van der Waals surface area contributed by atoms with E-state index in [0.717, 1.165) is 30.7 Å². The number of carbonyl (C=O) groups is 2. The van der Waals surface area contributed by atoms with Crippen molar-refractivity contribution in [2.45, 2.75) is 25.3 Å². The van der Waals surface area contributed by atoms with Gasteiger partial charge in [-0.25, -0.2) is 0 Å². The molecule has 1 unspecified atom stereocenters. The highest BCUT2D eigenvalue weighted by Gasteiger charge is 2.35. The Balaban J connectivity index is 1.66. The van der Waals surface area contributed by atoms with Gasteiger partial charge in [-0.15, -0.1) is 0 Å². The maximum absolute atomic E-state index is 12.4. The molecule has 0 spiro atoms. The third kappa shape index (κ3) is 2.73. The van der Waals surface area contributed by atoms with E-state index in [2.05, 4.69) is 0 Å². The first-order valence-corrected chi connectivity index (χ1v) is 7.40. The largest absolute Gasteiger partial charge is 0.497 e. The summed E-state index contributed by atoms with van der Waals surface area (Å²) < 4.78 is 5.23. The fraction of sp³-hybridized carbons (Fsp3) is 0.500. The highest BCUT2D eigenvalue weighted by Crippen LogP contribution is 2.34. The number of rotatable bonds is 4. The van der Waals surface area contributed by atoms with Gasteiger partial charge in [-0.3, -0.25) is 9.59 Å². The SMILES string of the molecule is COc1cccc(C2CCN2C(=O)CN2CCCC2=O)c1. The molecule has 0 bridgehead atoms. The molecule has 5 nitrogen and oxygen atoms in total. The zero-order chi connectivity index (χ0) is 14.8. The number of hydrogen-bond donors (Lipinski definition) is 0. The molecule has 0 aromatic heterocycles. The molecule has 5 heteroatoms. The van der Waals surface area contributed by atoms with E-state index in [9.17, 15) is 9.59 Å². The molecular weight excluding hydrogens is 268 g/mol. The third-order valence-electron chi connectivity index (χ3n) is 4.32. The molecule has 0 N–H and O–H groups in total. The Kier molecular flexibility index (Phi) is 3.82. The molecule has 2 aliphatic heterocycles. The van der Waals surface area contributed by atoms with E-state index in [1.54, 1.807) is 12.0 Å². The number of methoxy groups -OCH3 is 1. The van der Waals surface area contributed by atoms with Crippen LogP contribution in [-0.4, -0.2) is 48.4 Å². The summed E-state index contributed by atoms with van der Waals surface area (Å²) in [6, 6.07) is 7.96. The van der Waals surface area contributed by atoms with Gasteiger partial charge in [0.15, 0.2) is 0 Å². The summed E-state index contributed by atoms with van der Waals surface area (Å²) >= 11 is 0. The van der Waals surface area contributed by atoms with Gasteiger partial charge >= 0.3 is 0 Å². The van der Waals surface area contributed by atoms with Gasteiger partial charge in [0, 0.05) is 19.5 Å². The molecule has 1 aromatic rings. The molecule has 2 fully saturated rings. The minimum absolute atomic E-state index is 0.0457. The summed E-state index contributed by atoms with van der Waals surface area (Å²) in [7, 11) is 1.64. The highest BCUT2D eigenvalue weighted by molar-refractivity contribution is 5.86. The van der Waals surface area contributed by atoms with Gasteiger partial charge in [0.2, 0.25) is 11.8 Å². The Morgan fingerprint density at radius 2 is 2.24 bits per heavy atom. The van der Waals surface area contributed by atoms with Crippen molar-refractivity contribution in [3.63, 3.8) is 0 Å². The van der Waals surface area contributed by atoms with Gasteiger partial charge in [0.25, 0.3) is 0 Å². The fourth-order valence-electron chi connectivity index (χ4n) is 3.01. The van der Waals surface area contributed by atoms with Crippen LogP contribution in [-0.2, 0) is 9.59 Å². The number of benzene rings is 1. The van der Waals surface area contributed by atoms with Crippen LogP contribution in [0.4, 0.5) is 0 Å². The van der Waals surface area contributed by atoms with Gasteiger partial charge < -0.3 is 14.5 Å². The van der Waals surface area contributed by atoms with Crippen molar-refractivity contribution in [3.8, 4) is 5.75 Å². The number of ether oxygens (including phenoxy) is 1. The molecule has 112 valence electrons. The van der Waals surface area contributed by atoms with Crippen molar-refractivity contribution in [2.24, 2.45) is 0 Å². The van der Waals surface area contributed by atoms with Crippen LogP contribution in [0.2, 0.25) is 0 Å². The molecule has 3 rings (SSSR count). The van der Waals surface area contributed by atoms with Crippen LogP contribution in [0.1, 0.15) is 30.9 Å². The molecule has 2 aliphatic rings. The van der Waals surface area contributed by atoms with Crippen molar-refractivity contribution in [1.82, 2.24) is 9.80 Å². The number of carbonyl (C=O) groups excluding carboxylic acids is 2. The highest BCUT2D eigenvalue weighted by atomic mass is 16.5. The first-order valence-electron chi connectivity index (χ1n) is 7.40. The van der Waals surface area contributed by atoms with Crippen LogP contribution >= 0.6 is 0 Å². The Labute approximate surface area is 124 Å². The van der Waals surface area contributed by atoms with Crippen LogP contribution in [0.3, 0.4) is 0 Å². The normalized spacial score (nSPS) is 21.4. The van der Waals surface area contributed by atoms with E-state index >= 15 is 0 Å². The zero-order valence-electron chi connectivity index (χ0n) is 12.2. The quantitative estimate of drug-likeness (QED) is 0.845. The summed E-state index contributed by atoms with van der Waals surface area (Å²) in [6.45, 7) is 1.70. The first-order chi connectivity index (χ1) is 10.2. The van der Waals surface area contributed by atoms with Crippen molar-refractivity contribution < 1.29 is 14.3 Å². The van der Waals surface area contributed by atoms with E-state index < -0.39 is 0 Å². The maximum atomic E-state index is 12.4. The Morgan fingerprint density at radius 1 is 1.38 bits per heavy atom. The summed E-state index contributed by atoms with van der Waals surface area (Å²) in [5.74, 6) is 0.952. The van der Waals surface area contributed by atoms with Crippen molar-refractivity contribution >= 4 is 11.8 Å². The van der Waals surface area contributed by atoms with Crippen molar-refractivity contribution in [1.29, 1.82) is 0 Å². The molecule has 0 saturated carbocycles. The van der Waals surface area contributed by atoms with E-state index in [1.807, 2.05) is 29.2 Å². The Bertz CT molecular complexity index is 558. The van der Waals surface area contributed by atoms with Gasteiger partial charge in [0.1, 0.15) is 5.75 Å². The number of amides is 2. The molecule has 2 heterocycles. The van der Waals surface area contributed by atoms with E-state index in [-0.39, 0.29) is 24.4 Å². The predicted octanol–water partition coefficient (Wildman–Crippen LogP) is 1.59. The smallest absolute Gasteiger partial charge is 0.242 e. The average molecular weight is 288 g/mol. The molecule has 0 aliphatic carbocycles. The zero-order valence-corrected chi connectivity index (χ0v) is 12.2. The standard InChI is InChI=1S/C16H20N2O3/c1-21-13-5-2-4-12(10-13)14-7-9-18(14)16(20)11-17-8-3-6-15(17)19/h2,4-5,10,14H,3,6-9,11H2,1H3. The van der Waals surface area contributed by atoms with Crippen molar-refractivity contribution in [3.05, 3.63) is 29.8 Å². The van der Waals surface area contributed by atoms with Gasteiger partial charge in [-0.05, 0) is 30.5 Å². The van der Waals surface area contributed by atoms with Crippen LogP contribution in [0.25, 0.3) is 0 Å². The lowest BCUT2D eigenvalue weighted by molar-refractivity contribution is -0.144. The molecule has 2 saturated heterocycles. The third-order valence-corrected chi connectivity index (χ3v) is 4.32. The lowest BCUT2D eigenvalue weighted by Gasteiger charge is -2.42. The summed E-state index contributed by atoms with van der Waals surface area (Å²) in [6.07, 6.45) is 2.41. The Hall–Kier alpha value is -2.04. The topological polar surface area (TPSA) is 49.9 Å². The minimum Gasteiger partial charge on any atom is -0.497 e. The number of likely N-dealkylation sites (tertiary alicyclic amines) is 2. The van der Waals surface area contributed by atoms with E-state index in [4.69, 9.17) is 4.74 Å². The van der Waals surface area contributed by atoms with E-state index in [1.165, 1.54) is 0 Å². The lowest BCUT2D eigenvalue weighted by Crippen LogP contribution is -2.49. The van der Waals surface area contributed by atoms with Gasteiger partial charge in [-0.2, -0.15) is 0 Å². The lowest BCUT2D eigenvalue weighted by atomic mass is 9.94. The maximum Gasteiger partial charge on any atom is 0.242 e. The second kappa shape index (κ2) is 5.76. The van der Waals surface area contributed by atoms with E-state index in [0.29, 0.717) is 13.0 Å². The molecule has 1 aromatic carbocycles. The summed E-state index contributed by atoms with van der Waals surface area (Å²) in [4.78, 5) is 27.5. The van der Waals surface area contributed by atoms with Crippen LogP contribution in [0.15, 0.2) is 24.3 Å². The minimum atomic E-state index is 0.0457. The number of nitrogens with zero attached hydrogens (tertiary/aromatic N) is 2. The average Bonchev–Trinajstić information content (AvgIpc) is 2.83. The van der Waals surface area contributed by atoms with Gasteiger partial charge in [0.05, 0.1) is 19.7 Å². The second-order valence-corrected chi connectivity index (χ2v) is 5.59. The Morgan fingerprint density at radius 3 is 2.86 bits per heavy atom. The molecule has 21 heavy (non-hydrogen) atoms. The fourth-order valence-corrected chi connectivity index (χ4v) is 3.01. The molecule has 1 atom stereocenters. The molecular formula is C16H20N2O3. The second-order valence-electron chi connectivity index (χ2n) is 5.59. The monoisotopic (exact) mass is 288 g/mol. The van der Waals surface area contributed by atoms with Crippen LogP contribution in [0.5, 0.6) is 5.75 Å².